The Hall–Kier alpha value is -0.750. The van der Waals surface area contributed by atoms with Crippen molar-refractivity contribution in [2.24, 2.45) is 0 Å². The SMILES string of the molecule is C[C@@H](NC(=O)N1CCSC2(CCCCC2)C1)c1nccs1. The van der Waals surface area contributed by atoms with E-state index in [0.29, 0.717) is 4.75 Å². The van der Waals surface area contributed by atoms with E-state index in [1.165, 1.54) is 32.1 Å². The molecule has 4 nitrogen and oxygen atoms in total. The van der Waals surface area contributed by atoms with Crippen molar-refractivity contribution >= 4 is 29.1 Å². The maximum atomic E-state index is 12.5. The van der Waals surface area contributed by atoms with Crippen LogP contribution in [-0.4, -0.2) is 39.5 Å². The summed E-state index contributed by atoms with van der Waals surface area (Å²) in [7, 11) is 0. The van der Waals surface area contributed by atoms with Gasteiger partial charge in [-0.3, -0.25) is 0 Å². The van der Waals surface area contributed by atoms with Crippen molar-refractivity contribution in [1.82, 2.24) is 15.2 Å². The minimum Gasteiger partial charge on any atom is -0.329 e. The fourth-order valence-corrected chi connectivity index (χ4v) is 5.52. The molecule has 0 aromatic carbocycles. The van der Waals surface area contributed by atoms with Gasteiger partial charge in [-0.25, -0.2) is 9.78 Å². The minimum absolute atomic E-state index is 0.00520. The summed E-state index contributed by atoms with van der Waals surface area (Å²) in [5, 5.41) is 6.02. The first-order valence-corrected chi connectivity index (χ1v) is 9.64. The molecule has 1 spiro atoms. The molecule has 1 saturated heterocycles. The van der Waals surface area contributed by atoms with Crippen molar-refractivity contribution in [2.75, 3.05) is 18.8 Å². The maximum absolute atomic E-state index is 12.5. The summed E-state index contributed by atoms with van der Waals surface area (Å²) in [6.45, 7) is 3.78. The van der Waals surface area contributed by atoms with Gasteiger partial charge in [-0.05, 0) is 19.8 Å². The van der Waals surface area contributed by atoms with E-state index in [9.17, 15) is 4.79 Å². The number of nitrogens with zero attached hydrogens (tertiary/aromatic N) is 2. The van der Waals surface area contributed by atoms with Gasteiger partial charge in [0, 0.05) is 35.2 Å². The molecule has 0 bridgehead atoms. The first-order valence-electron chi connectivity index (χ1n) is 7.77. The van der Waals surface area contributed by atoms with Crippen LogP contribution in [-0.2, 0) is 0 Å². The van der Waals surface area contributed by atoms with E-state index in [2.05, 4.69) is 22.1 Å². The Balaban J connectivity index is 1.59. The van der Waals surface area contributed by atoms with E-state index in [4.69, 9.17) is 0 Å². The Labute approximate surface area is 134 Å². The number of nitrogens with one attached hydrogen (secondary N) is 1. The average molecular weight is 326 g/mol. The van der Waals surface area contributed by atoms with Crippen LogP contribution in [0.25, 0.3) is 0 Å². The van der Waals surface area contributed by atoms with Crippen LogP contribution in [0, 0.1) is 0 Å². The van der Waals surface area contributed by atoms with Crippen molar-refractivity contribution in [3.05, 3.63) is 16.6 Å². The number of thiazole rings is 1. The standard InChI is InChI=1S/C15H23N3OS2/c1-12(13-16-7-9-20-13)17-14(19)18-8-10-21-15(11-18)5-3-2-4-6-15/h7,9,12H,2-6,8,10-11H2,1H3,(H,17,19)/t12-/m1/s1. The zero-order valence-corrected chi connectivity index (χ0v) is 14.1. The molecule has 0 radical (unpaired) electrons. The molecule has 3 rings (SSSR count). The van der Waals surface area contributed by atoms with Crippen LogP contribution in [0.3, 0.4) is 0 Å². The van der Waals surface area contributed by atoms with Crippen molar-refractivity contribution in [3.63, 3.8) is 0 Å². The molecule has 1 N–H and O–H groups in total. The van der Waals surface area contributed by atoms with Gasteiger partial charge in [-0.1, -0.05) is 19.3 Å². The largest absolute Gasteiger partial charge is 0.329 e. The van der Waals surface area contributed by atoms with Crippen LogP contribution in [0.5, 0.6) is 0 Å². The second-order valence-corrected chi connectivity index (χ2v) is 8.54. The molecule has 2 heterocycles. The number of carbonyl (C=O) groups is 1. The second-order valence-electron chi connectivity index (χ2n) is 6.06. The summed E-state index contributed by atoms with van der Waals surface area (Å²) in [6, 6.07) is 0.0670. The Morgan fingerprint density at radius 3 is 2.95 bits per heavy atom. The lowest BCUT2D eigenvalue weighted by molar-refractivity contribution is 0.182. The highest BCUT2D eigenvalue weighted by Gasteiger charge is 2.38. The van der Waals surface area contributed by atoms with Crippen LogP contribution < -0.4 is 5.32 Å². The summed E-state index contributed by atoms with van der Waals surface area (Å²) in [4.78, 5) is 18.8. The second kappa shape index (κ2) is 6.57. The molecule has 6 heteroatoms. The minimum atomic E-state index is -0.00520. The topological polar surface area (TPSA) is 45.2 Å². The molecule has 1 aliphatic heterocycles. The number of hydrogen-bond acceptors (Lipinski definition) is 4. The van der Waals surface area contributed by atoms with E-state index >= 15 is 0 Å². The maximum Gasteiger partial charge on any atom is 0.318 e. The van der Waals surface area contributed by atoms with Gasteiger partial charge in [0.2, 0.25) is 0 Å². The summed E-state index contributed by atoms with van der Waals surface area (Å²) in [6.07, 6.45) is 8.32. The fraction of sp³-hybridized carbons (Fsp3) is 0.733. The summed E-state index contributed by atoms with van der Waals surface area (Å²) in [5.74, 6) is 1.07. The van der Waals surface area contributed by atoms with E-state index in [-0.39, 0.29) is 12.1 Å². The Bertz CT molecular complexity index is 466. The van der Waals surface area contributed by atoms with Crippen molar-refractivity contribution in [2.45, 2.75) is 49.8 Å². The van der Waals surface area contributed by atoms with Crippen LogP contribution in [0.15, 0.2) is 11.6 Å². The van der Waals surface area contributed by atoms with E-state index in [0.717, 1.165) is 23.8 Å². The summed E-state index contributed by atoms with van der Waals surface area (Å²) >= 11 is 3.69. The van der Waals surface area contributed by atoms with Gasteiger partial charge < -0.3 is 10.2 Å². The predicted molar refractivity (Wildman–Crippen MR) is 88.9 cm³/mol. The van der Waals surface area contributed by atoms with Crippen LogP contribution in [0.2, 0.25) is 0 Å². The van der Waals surface area contributed by atoms with Crippen LogP contribution >= 0.6 is 23.1 Å². The normalized spacial score (nSPS) is 23.0. The average Bonchev–Trinajstić information content (AvgIpc) is 3.02. The van der Waals surface area contributed by atoms with Gasteiger partial charge in [0.25, 0.3) is 0 Å². The lowest BCUT2D eigenvalue weighted by Crippen LogP contribution is -2.53. The molecule has 1 aliphatic carbocycles. The zero-order chi connectivity index (χ0) is 14.7. The molecule has 1 atom stereocenters. The Morgan fingerprint density at radius 2 is 2.24 bits per heavy atom. The van der Waals surface area contributed by atoms with Gasteiger partial charge in [-0.2, -0.15) is 11.8 Å². The number of aromatic nitrogens is 1. The van der Waals surface area contributed by atoms with E-state index in [1.807, 2.05) is 17.2 Å². The Kier molecular flexibility index (Phi) is 4.74. The quantitative estimate of drug-likeness (QED) is 0.902. The van der Waals surface area contributed by atoms with Gasteiger partial charge in [-0.15, -0.1) is 11.3 Å². The fourth-order valence-electron chi connectivity index (χ4n) is 3.30. The molecule has 2 fully saturated rings. The van der Waals surface area contributed by atoms with Crippen molar-refractivity contribution in [3.8, 4) is 0 Å². The van der Waals surface area contributed by atoms with Crippen LogP contribution in [0.1, 0.15) is 50.1 Å². The van der Waals surface area contributed by atoms with Crippen molar-refractivity contribution < 1.29 is 4.79 Å². The van der Waals surface area contributed by atoms with Gasteiger partial charge in [0.1, 0.15) is 5.01 Å². The van der Waals surface area contributed by atoms with E-state index < -0.39 is 0 Å². The lowest BCUT2D eigenvalue weighted by atomic mass is 9.87. The third-order valence-corrected chi connectivity index (χ3v) is 6.96. The molecule has 0 unspecified atom stereocenters. The molecular formula is C15H23N3OS2. The highest BCUT2D eigenvalue weighted by molar-refractivity contribution is 8.00. The molecule has 2 aliphatic rings. The molecule has 116 valence electrons. The van der Waals surface area contributed by atoms with Gasteiger partial charge >= 0.3 is 6.03 Å². The summed E-state index contributed by atoms with van der Waals surface area (Å²) in [5.41, 5.74) is 0. The number of urea groups is 1. The van der Waals surface area contributed by atoms with E-state index in [1.54, 1.807) is 17.5 Å². The highest BCUT2D eigenvalue weighted by atomic mass is 32.2. The highest BCUT2D eigenvalue weighted by Crippen LogP contribution is 2.42. The predicted octanol–water partition coefficient (Wildman–Crippen LogP) is 3.67. The monoisotopic (exact) mass is 325 g/mol. The number of amides is 2. The zero-order valence-electron chi connectivity index (χ0n) is 12.5. The first kappa shape index (κ1) is 15.2. The first-order chi connectivity index (χ1) is 10.2. The van der Waals surface area contributed by atoms with Gasteiger partial charge in [0.15, 0.2) is 0 Å². The number of carbonyl (C=O) groups excluding carboxylic acids is 1. The lowest BCUT2D eigenvalue weighted by Gasteiger charge is -2.44. The Morgan fingerprint density at radius 1 is 1.43 bits per heavy atom. The number of thioether (sulfide) groups is 1. The smallest absolute Gasteiger partial charge is 0.318 e. The molecule has 1 saturated carbocycles. The number of rotatable bonds is 2. The van der Waals surface area contributed by atoms with Crippen molar-refractivity contribution in [1.29, 1.82) is 0 Å². The molecule has 1 aromatic heterocycles. The van der Waals surface area contributed by atoms with Crippen LogP contribution in [0.4, 0.5) is 4.79 Å². The third kappa shape index (κ3) is 3.54. The number of hydrogen-bond donors (Lipinski definition) is 1. The molecule has 1 aromatic rings. The molecular weight excluding hydrogens is 302 g/mol. The molecule has 21 heavy (non-hydrogen) atoms. The summed E-state index contributed by atoms with van der Waals surface area (Å²) < 4.78 is 0.332. The molecule has 2 amide bonds. The third-order valence-electron chi connectivity index (χ3n) is 4.46. The van der Waals surface area contributed by atoms with Gasteiger partial charge in [0.05, 0.1) is 6.04 Å².